The third kappa shape index (κ3) is 4.14. The fourth-order valence-electron chi connectivity index (χ4n) is 3.88. The number of benzene rings is 2. The number of H-pyrrole nitrogens is 2. The van der Waals surface area contributed by atoms with E-state index in [-0.39, 0.29) is 23.6 Å². The van der Waals surface area contributed by atoms with Crippen molar-refractivity contribution in [2.24, 2.45) is 0 Å². The molecular weight excluding hydrogens is 432 g/mol. The first-order valence-corrected chi connectivity index (χ1v) is 10.6. The van der Waals surface area contributed by atoms with E-state index in [1.165, 1.54) is 31.0 Å². The summed E-state index contributed by atoms with van der Waals surface area (Å²) in [5.74, 6) is -0.716. The average Bonchev–Trinajstić information content (AvgIpc) is 3.41. The van der Waals surface area contributed by atoms with E-state index < -0.39 is 11.9 Å². The summed E-state index contributed by atoms with van der Waals surface area (Å²) in [6.45, 7) is 0.146. The highest BCUT2D eigenvalue weighted by Crippen LogP contribution is 2.22. The Kier molecular flexibility index (Phi) is 5.57. The molecular formula is C25H20N6O3. The Morgan fingerprint density at radius 2 is 1.79 bits per heavy atom. The van der Waals surface area contributed by atoms with Gasteiger partial charge >= 0.3 is 0 Å². The number of hydrogen-bond acceptors (Lipinski definition) is 5. The molecule has 0 fully saturated rings. The first-order chi connectivity index (χ1) is 16.6. The highest BCUT2D eigenvalue weighted by molar-refractivity contribution is 6.06. The molecule has 0 aliphatic heterocycles. The van der Waals surface area contributed by atoms with Crippen molar-refractivity contribution in [2.45, 2.75) is 6.04 Å². The van der Waals surface area contributed by atoms with Gasteiger partial charge < -0.3 is 15.6 Å². The zero-order valence-electron chi connectivity index (χ0n) is 17.9. The van der Waals surface area contributed by atoms with Crippen LogP contribution < -0.4 is 16.2 Å². The molecule has 1 unspecified atom stereocenters. The third-order valence-corrected chi connectivity index (χ3v) is 5.65. The van der Waals surface area contributed by atoms with Gasteiger partial charge in [0.2, 0.25) is 0 Å². The van der Waals surface area contributed by atoms with Gasteiger partial charge in [0, 0.05) is 36.7 Å². The molecule has 9 heteroatoms. The van der Waals surface area contributed by atoms with Crippen molar-refractivity contribution in [3.63, 3.8) is 0 Å². The lowest BCUT2D eigenvalue weighted by Gasteiger charge is -2.21. The van der Waals surface area contributed by atoms with Crippen molar-refractivity contribution < 1.29 is 9.59 Å². The summed E-state index contributed by atoms with van der Waals surface area (Å²) in [7, 11) is 0. The summed E-state index contributed by atoms with van der Waals surface area (Å²) >= 11 is 0. The molecule has 3 aromatic heterocycles. The fourth-order valence-corrected chi connectivity index (χ4v) is 3.88. The highest BCUT2D eigenvalue weighted by Gasteiger charge is 2.20. The molecule has 168 valence electrons. The van der Waals surface area contributed by atoms with Gasteiger partial charge in [-0.3, -0.25) is 24.5 Å². The van der Waals surface area contributed by atoms with Crippen LogP contribution in [0.5, 0.6) is 0 Å². The molecule has 0 spiro atoms. The largest absolute Gasteiger partial charge is 0.350 e. The van der Waals surface area contributed by atoms with Gasteiger partial charge in [-0.15, -0.1) is 0 Å². The Hall–Kier alpha value is -4.79. The van der Waals surface area contributed by atoms with Crippen LogP contribution in [0.4, 0.5) is 0 Å². The Morgan fingerprint density at radius 1 is 0.941 bits per heavy atom. The first kappa shape index (κ1) is 21.1. The summed E-state index contributed by atoms with van der Waals surface area (Å²) in [6.07, 6.45) is 7.28. The zero-order valence-corrected chi connectivity index (χ0v) is 17.9. The van der Waals surface area contributed by atoms with E-state index >= 15 is 0 Å². The van der Waals surface area contributed by atoms with Crippen LogP contribution in [0.3, 0.4) is 0 Å². The summed E-state index contributed by atoms with van der Waals surface area (Å²) in [6, 6.07) is 14.9. The molecule has 0 radical (unpaired) electrons. The lowest BCUT2D eigenvalue weighted by atomic mass is 10.0. The van der Waals surface area contributed by atoms with Crippen LogP contribution in [0.25, 0.3) is 21.5 Å². The average molecular weight is 452 g/mol. The van der Waals surface area contributed by atoms with Gasteiger partial charge in [0.05, 0.1) is 28.8 Å². The molecule has 0 aliphatic rings. The topological polar surface area (TPSA) is 133 Å². The number of aromatic amines is 2. The summed E-state index contributed by atoms with van der Waals surface area (Å²) in [5.41, 5.74) is 1.17. The SMILES string of the molecule is O=C(NCC(NC(=O)c1cncc2c(=O)[nH]ccc12)c1ccc2ccccc2c1)c1cn[nH]c1. The molecule has 0 saturated carbocycles. The number of hydrogen-bond donors (Lipinski definition) is 4. The molecule has 2 amide bonds. The zero-order chi connectivity index (χ0) is 23.5. The van der Waals surface area contributed by atoms with E-state index in [1.807, 2.05) is 42.5 Å². The van der Waals surface area contributed by atoms with Crippen LogP contribution in [0.1, 0.15) is 32.3 Å². The number of carbonyl (C=O) groups is 2. The van der Waals surface area contributed by atoms with Crippen molar-refractivity contribution in [3.05, 3.63) is 107 Å². The highest BCUT2D eigenvalue weighted by atomic mass is 16.2. The molecule has 3 heterocycles. The molecule has 2 aromatic carbocycles. The minimum absolute atomic E-state index is 0.146. The second kappa shape index (κ2) is 8.99. The predicted molar refractivity (Wildman–Crippen MR) is 127 cm³/mol. The number of fused-ring (bicyclic) bond motifs is 2. The van der Waals surface area contributed by atoms with Gasteiger partial charge in [0.15, 0.2) is 0 Å². The number of rotatable bonds is 6. The van der Waals surface area contributed by atoms with Gasteiger partial charge in [0.1, 0.15) is 0 Å². The molecule has 4 N–H and O–H groups in total. The van der Waals surface area contributed by atoms with Crippen LogP contribution in [0.2, 0.25) is 0 Å². The van der Waals surface area contributed by atoms with E-state index in [2.05, 4.69) is 30.8 Å². The summed E-state index contributed by atoms with van der Waals surface area (Å²) < 4.78 is 0. The van der Waals surface area contributed by atoms with E-state index in [0.717, 1.165) is 16.3 Å². The first-order valence-electron chi connectivity index (χ1n) is 10.6. The molecule has 0 bridgehead atoms. The van der Waals surface area contributed by atoms with Gasteiger partial charge in [-0.25, -0.2) is 0 Å². The van der Waals surface area contributed by atoms with E-state index in [4.69, 9.17) is 0 Å². The van der Waals surface area contributed by atoms with Gasteiger partial charge in [-0.05, 0) is 28.5 Å². The standard InChI is InChI=1S/C25H20N6O3/c32-23(18-10-29-30-11-18)28-14-22(17-6-5-15-3-1-2-4-16(15)9-17)31-25(34)21-13-26-12-20-19(21)7-8-27-24(20)33/h1-13,22H,14H2,(H,27,33)(H,28,32)(H,29,30)(H,31,34). The normalized spacial score (nSPS) is 11.9. The van der Waals surface area contributed by atoms with Crippen molar-refractivity contribution in [3.8, 4) is 0 Å². The van der Waals surface area contributed by atoms with Crippen molar-refractivity contribution in [1.29, 1.82) is 0 Å². The van der Waals surface area contributed by atoms with Gasteiger partial charge in [-0.2, -0.15) is 5.10 Å². The maximum atomic E-state index is 13.3. The molecule has 5 aromatic rings. The number of amides is 2. The van der Waals surface area contributed by atoms with Crippen LogP contribution in [0, 0.1) is 0 Å². The van der Waals surface area contributed by atoms with Crippen LogP contribution in [0.15, 0.2) is 84.3 Å². The molecule has 9 nitrogen and oxygen atoms in total. The quantitative estimate of drug-likeness (QED) is 0.314. The number of carbonyl (C=O) groups excluding carboxylic acids is 2. The Labute approximate surface area is 193 Å². The maximum absolute atomic E-state index is 13.3. The lowest BCUT2D eigenvalue weighted by molar-refractivity contribution is 0.0909. The molecule has 0 saturated heterocycles. The minimum Gasteiger partial charge on any atom is -0.350 e. The molecule has 0 aliphatic carbocycles. The van der Waals surface area contributed by atoms with Gasteiger partial charge in [-0.1, -0.05) is 36.4 Å². The third-order valence-electron chi connectivity index (χ3n) is 5.65. The summed E-state index contributed by atoms with van der Waals surface area (Å²) in [4.78, 5) is 44.6. The van der Waals surface area contributed by atoms with Crippen LogP contribution >= 0.6 is 0 Å². The van der Waals surface area contributed by atoms with Crippen LogP contribution in [-0.2, 0) is 0 Å². The second-order valence-corrected chi connectivity index (χ2v) is 7.78. The summed E-state index contributed by atoms with van der Waals surface area (Å²) in [5, 5.41) is 15.2. The molecule has 5 rings (SSSR count). The predicted octanol–water partition coefficient (Wildman–Crippen LogP) is 2.70. The second-order valence-electron chi connectivity index (χ2n) is 7.78. The van der Waals surface area contributed by atoms with Crippen molar-refractivity contribution in [1.82, 2.24) is 30.8 Å². The van der Waals surface area contributed by atoms with Crippen molar-refractivity contribution in [2.75, 3.05) is 6.54 Å². The number of aromatic nitrogens is 4. The Morgan fingerprint density at radius 3 is 2.62 bits per heavy atom. The van der Waals surface area contributed by atoms with Crippen LogP contribution in [-0.4, -0.2) is 38.5 Å². The Bertz CT molecular complexity index is 1560. The number of nitrogens with one attached hydrogen (secondary N) is 4. The molecule has 1 atom stereocenters. The molecule has 34 heavy (non-hydrogen) atoms. The number of nitrogens with zero attached hydrogens (tertiary/aromatic N) is 2. The maximum Gasteiger partial charge on any atom is 0.257 e. The van der Waals surface area contributed by atoms with Crippen molar-refractivity contribution >= 4 is 33.4 Å². The minimum atomic E-state index is -0.537. The fraction of sp³-hybridized carbons (Fsp3) is 0.0800. The number of pyridine rings is 2. The monoisotopic (exact) mass is 452 g/mol. The van der Waals surface area contributed by atoms with Gasteiger partial charge in [0.25, 0.3) is 17.4 Å². The van der Waals surface area contributed by atoms with E-state index in [1.54, 1.807) is 6.07 Å². The van der Waals surface area contributed by atoms with E-state index in [9.17, 15) is 14.4 Å². The smallest absolute Gasteiger partial charge is 0.257 e. The Balaban J connectivity index is 1.47. The van der Waals surface area contributed by atoms with E-state index in [0.29, 0.717) is 16.3 Å². The lowest BCUT2D eigenvalue weighted by Crippen LogP contribution is -2.38.